The van der Waals surface area contributed by atoms with Gasteiger partial charge in [0.15, 0.2) is 0 Å². The fraction of sp³-hybridized carbons (Fsp3) is 0.733. The normalized spacial score (nSPS) is 26.8. The minimum absolute atomic E-state index is 0.0486. The number of piperazine rings is 1. The van der Waals surface area contributed by atoms with Crippen LogP contribution < -0.4 is 10.6 Å². The first-order valence-corrected chi connectivity index (χ1v) is 7.94. The van der Waals surface area contributed by atoms with Crippen LogP contribution in [-0.2, 0) is 11.3 Å². The van der Waals surface area contributed by atoms with Gasteiger partial charge in [-0.15, -0.1) is 0 Å². The fourth-order valence-electron chi connectivity index (χ4n) is 3.34. The Balaban J connectivity index is 1.57. The second-order valence-electron chi connectivity index (χ2n) is 6.13. The number of amides is 1. The molecule has 0 saturated carbocycles. The van der Waals surface area contributed by atoms with Gasteiger partial charge < -0.3 is 20.1 Å². The number of rotatable bonds is 3. The standard InChI is InChI=1S/C15H25N5O/c1-12-17-6-8-19(12)10-13-3-2-7-20(11-13)15(21)14-9-16-4-5-18-14/h6,8,13-14,16,18H,2-5,7,9-11H2,1H3. The zero-order valence-electron chi connectivity index (χ0n) is 12.7. The van der Waals surface area contributed by atoms with Crippen molar-refractivity contribution < 1.29 is 4.79 Å². The molecular weight excluding hydrogens is 266 g/mol. The maximum Gasteiger partial charge on any atom is 0.241 e. The van der Waals surface area contributed by atoms with Crippen molar-refractivity contribution in [3.63, 3.8) is 0 Å². The molecule has 1 aromatic rings. The van der Waals surface area contributed by atoms with Gasteiger partial charge in [-0.1, -0.05) is 0 Å². The van der Waals surface area contributed by atoms with Crippen LogP contribution in [0.1, 0.15) is 18.7 Å². The molecule has 0 bridgehead atoms. The third-order valence-corrected chi connectivity index (χ3v) is 4.55. The Labute approximate surface area is 125 Å². The van der Waals surface area contributed by atoms with E-state index in [0.29, 0.717) is 5.92 Å². The Bertz CT molecular complexity index is 480. The Morgan fingerprint density at radius 3 is 3.10 bits per heavy atom. The van der Waals surface area contributed by atoms with Crippen molar-refractivity contribution in [2.45, 2.75) is 32.4 Å². The summed E-state index contributed by atoms with van der Waals surface area (Å²) < 4.78 is 2.19. The molecule has 116 valence electrons. The van der Waals surface area contributed by atoms with Gasteiger partial charge in [0, 0.05) is 51.7 Å². The Morgan fingerprint density at radius 1 is 1.48 bits per heavy atom. The lowest BCUT2D eigenvalue weighted by Crippen LogP contribution is -2.58. The minimum atomic E-state index is -0.0486. The van der Waals surface area contributed by atoms with Crippen molar-refractivity contribution >= 4 is 5.91 Å². The number of nitrogens with one attached hydrogen (secondary N) is 2. The van der Waals surface area contributed by atoms with Crippen LogP contribution in [0.15, 0.2) is 12.4 Å². The van der Waals surface area contributed by atoms with Crippen LogP contribution in [-0.4, -0.2) is 59.1 Å². The summed E-state index contributed by atoms with van der Waals surface area (Å²) >= 11 is 0. The highest BCUT2D eigenvalue weighted by molar-refractivity contribution is 5.82. The molecule has 2 N–H and O–H groups in total. The Hall–Kier alpha value is -1.40. The molecule has 2 aliphatic heterocycles. The summed E-state index contributed by atoms with van der Waals surface area (Å²) in [7, 11) is 0. The van der Waals surface area contributed by atoms with Gasteiger partial charge in [0.25, 0.3) is 0 Å². The smallest absolute Gasteiger partial charge is 0.241 e. The maximum absolute atomic E-state index is 12.6. The number of hydrogen-bond donors (Lipinski definition) is 2. The minimum Gasteiger partial charge on any atom is -0.341 e. The van der Waals surface area contributed by atoms with Crippen molar-refractivity contribution in [1.82, 2.24) is 25.1 Å². The number of carbonyl (C=O) groups excluding carboxylic acids is 1. The van der Waals surface area contributed by atoms with Crippen molar-refractivity contribution in [1.29, 1.82) is 0 Å². The third-order valence-electron chi connectivity index (χ3n) is 4.55. The topological polar surface area (TPSA) is 62.2 Å². The van der Waals surface area contributed by atoms with E-state index in [9.17, 15) is 4.79 Å². The van der Waals surface area contributed by atoms with Gasteiger partial charge in [0.1, 0.15) is 5.82 Å². The van der Waals surface area contributed by atoms with Crippen LogP contribution in [0.4, 0.5) is 0 Å². The first-order valence-electron chi connectivity index (χ1n) is 7.94. The molecule has 2 unspecified atom stereocenters. The number of piperidine rings is 1. The van der Waals surface area contributed by atoms with E-state index in [4.69, 9.17) is 0 Å². The largest absolute Gasteiger partial charge is 0.341 e. The van der Waals surface area contributed by atoms with Crippen LogP contribution >= 0.6 is 0 Å². The van der Waals surface area contributed by atoms with Crippen LogP contribution in [0, 0.1) is 12.8 Å². The van der Waals surface area contributed by atoms with E-state index in [1.165, 1.54) is 6.42 Å². The summed E-state index contributed by atoms with van der Waals surface area (Å²) in [6.45, 7) is 7.34. The molecule has 1 aromatic heterocycles. The van der Waals surface area contributed by atoms with Crippen LogP contribution in [0.2, 0.25) is 0 Å². The summed E-state index contributed by atoms with van der Waals surface area (Å²) in [4.78, 5) is 18.9. The number of likely N-dealkylation sites (tertiary alicyclic amines) is 1. The fourth-order valence-corrected chi connectivity index (χ4v) is 3.34. The molecule has 2 fully saturated rings. The van der Waals surface area contributed by atoms with Gasteiger partial charge in [-0.3, -0.25) is 4.79 Å². The van der Waals surface area contributed by atoms with Gasteiger partial charge in [-0.2, -0.15) is 0 Å². The quantitative estimate of drug-likeness (QED) is 0.822. The van der Waals surface area contributed by atoms with Crippen molar-refractivity contribution in [2.75, 3.05) is 32.7 Å². The number of aryl methyl sites for hydroxylation is 1. The van der Waals surface area contributed by atoms with Crippen LogP contribution in [0.3, 0.4) is 0 Å². The number of carbonyl (C=O) groups is 1. The van der Waals surface area contributed by atoms with Crippen LogP contribution in [0.25, 0.3) is 0 Å². The second-order valence-corrected chi connectivity index (χ2v) is 6.13. The predicted molar refractivity (Wildman–Crippen MR) is 80.9 cm³/mol. The zero-order chi connectivity index (χ0) is 14.7. The molecule has 6 nitrogen and oxygen atoms in total. The lowest BCUT2D eigenvalue weighted by molar-refractivity contribution is -0.135. The average molecular weight is 291 g/mol. The number of imidazole rings is 1. The van der Waals surface area contributed by atoms with E-state index in [2.05, 4.69) is 20.2 Å². The molecule has 1 amide bonds. The Morgan fingerprint density at radius 2 is 2.38 bits per heavy atom. The molecule has 0 aliphatic carbocycles. The maximum atomic E-state index is 12.6. The summed E-state index contributed by atoms with van der Waals surface area (Å²) in [5.74, 6) is 1.85. The van der Waals surface area contributed by atoms with Crippen molar-refractivity contribution in [3.05, 3.63) is 18.2 Å². The molecule has 0 radical (unpaired) electrons. The monoisotopic (exact) mass is 291 g/mol. The number of nitrogens with zero attached hydrogens (tertiary/aromatic N) is 3. The summed E-state index contributed by atoms with van der Waals surface area (Å²) in [6.07, 6.45) is 6.17. The number of aromatic nitrogens is 2. The molecule has 2 saturated heterocycles. The molecule has 2 aliphatic rings. The molecular formula is C15H25N5O. The average Bonchev–Trinajstić information content (AvgIpc) is 2.93. The van der Waals surface area contributed by atoms with Gasteiger partial charge in [-0.25, -0.2) is 4.98 Å². The van der Waals surface area contributed by atoms with E-state index in [1.54, 1.807) is 0 Å². The second kappa shape index (κ2) is 6.58. The van der Waals surface area contributed by atoms with E-state index < -0.39 is 0 Å². The van der Waals surface area contributed by atoms with Gasteiger partial charge in [0.05, 0.1) is 6.04 Å². The van der Waals surface area contributed by atoms with Crippen molar-refractivity contribution in [3.8, 4) is 0 Å². The van der Waals surface area contributed by atoms with E-state index in [-0.39, 0.29) is 11.9 Å². The lowest BCUT2D eigenvalue weighted by atomic mass is 9.97. The highest BCUT2D eigenvalue weighted by Crippen LogP contribution is 2.19. The Kier molecular flexibility index (Phi) is 4.55. The summed E-state index contributed by atoms with van der Waals surface area (Å²) in [6, 6.07) is -0.0486. The molecule has 6 heteroatoms. The van der Waals surface area contributed by atoms with Gasteiger partial charge >= 0.3 is 0 Å². The molecule has 3 heterocycles. The number of hydrogen-bond acceptors (Lipinski definition) is 4. The first kappa shape index (κ1) is 14.5. The van der Waals surface area contributed by atoms with E-state index in [1.807, 2.05) is 24.2 Å². The predicted octanol–water partition coefficient (Wildman–Crippen LogP) is -0.00848. The molecule has 0 spiro atoms. The summed E-state index contributed by atoms with van der Waals surface area (Å²) in [5.41, 5.74) is 0. The van der Waals surface area contributed by atoms with Crippen molar-refractivity contribution in [2.24, 2.45) is 5.92 Å². The SMILES string of the molecule is Cc1nccn1CC1CCCN(C(=O)C2CNCCN2)C1. The van der Waals surface area contributed by atoms with Gasteiger partial charge in [0.2, 0.25) is 5.91 Å². The first-order chi connectivity index (χ1) is 10.2. The third kappa shape index (κ3) is 3.44. The van der Waals surface area contributed by atoms with E-state index >= 15 is 0 Å². The molecule has 21 heavy (non-hydrogen) atoms. The zero-order valence-corrected chi connectivity index (χ0v) is 12.7. The van der Waals surface area contributed by atoms with Gasteiger partial charge in [-0.05, 0) is 25.7 Å². The molecule has 2 atom stereocenters. The molecule has 3 rings (SSSR count). The summed E-state index contributed by atoms with van der Waals surface area (Å²) in [5, 5.41) is 6.60. The highest BCUT2D eigenvalue weighted by Gasteiger charge is 2.29. The lowest BCUT2D eigenvalue weighted by Gasteiger charge is -2.36. The molecule has 0 aromatic carbocycles. The highest BCUT2D eigenvalue weighted by atomic mass is 16.2. The van der Waals surface area contributed by atoms with E-state index in [0.717, 1.165) is 51.5 Å². The van der Waals surface area contributed by atoms with Crippen LogP contribution in [0.5, 0.6) is 0 Å².